The number of phenols is 1. The third kappa shape index (κ3) is 3.55. The summed E-state index contributed by atoms with van der Waals surface area (Å²) in [6, 6.07) is 21.5. The highest BCUT2D eigenvalue weighted by atomic mass is 16.5. The van der Waals surface area contributed by atoms with Crippen LogP contribution in [0.15, 0.2) is 72.8 Å². The number of benzene rings is 3. The summed E-state index contributed by atoms with van der Waals surface area (Å²) in [4.78, 5) is 10.9. The van der Waals surface area contributed by atoms with Gasteiger partial charge in [-0.05, 0) is 41.5 Å². The highest BCUT2D eigenvalue weighted by Crippen LogP contribution is 2.31. The van der Waals surface area contributed by atoms with Crippen LogP contribution in [0.3, 0.4) is 0 Å². The highest BCUT2D eigenvalue weighted by Gasteiger charge is 2.09. The van der Waals surface area contributed by atoms with Gasteiger partial charge in [-0.1, -0.05) is 42.5 Å². The normalized spacial score (nSPS) is 10.3. The Morgan fingerprint density at radius 3 is 2.25 bits per heavy atom. The lowest BCUT2D eigenvalue weighted by atomic mass is 10.0. The molecule has 0 unspecified atom stereocenters. The molecule has 4 heteroatoms. The first-order valence-corrected chi connectivity index (χ1v) is 7.47. The molecule has 0 atom stereocenters. The maximum atomic E-state index is 10.9. The van der Waals surface area contributed by atoms with Crippen LogP contribution in [-0.4, -0.2) is 16.2 Å². The van der Waals surface area contributed by atoms with Gasteiger partial charge in [-0.2, -0.15) is 0 Å². The summed E-state index contributed by atoms with van der Waals surface area (Å²) < 4.78 is 5.72. The van der Waals surface area contributed by atoms with Crippen molar-refractivity contribution in [2.24, 2.45) is 0 Å². The van der Waals surface area contributed by atoms with E-state index in [1.54, 1.807) is 6.07 Å². The van der Waals surface area contributed by atoms with Crippen LogP contribution in [0.1, 0.15) is 15.9 Å². The van der Waals surface area contributed by atoms with Crippen molar-refractivity contribution in [1.29, 1.82) is 0 Å². The first-order valence-electron chi connectivity index (χ1n) is 7.47. The predicted molar refractivity (Wildman–Crippen MR) is 91.3 cm³/mol. The minimum Gasteiger partial charge on any atom is -0.507 e. The van der Waals surface area contributed by atoms with Crippen LogP contribution < -0.4 is 4.74 Å². The van der Waals surface area contributed by atoms with Crippen LogP contribution >= 0.6 is 0 Å². The van der Waals surface area contributed by atoms with Gasteiger partial charge in [0.2, 0.25) is 0 Å². The third-order valence-corrected chi connectivity index (χ3v) is 3.66. The fourth-order valence-electron chi connectivity index (χ4n) is 2.38. The second-order valence-corrected chi connectivity index (χ2v) is 5.34. The average molecular weight is 320 g/mol. The van der Waals surface area contributed by atoms with Crippen LogP contribution in [-0.2, 0) is 6.61 Å². The van der Waals surface area contributed by atoms with Gasteiger partial charge in [-0.15, -0.1) is 0 Å². The number of aromatic hydroxyl groups is 1. The van der Waals surface area contributed by atoms with Crippen LogP contribution in [0.4, 0.5) is 0 Å². The molecule has 0 aliphatic heterocycles. The van der Waals surface area contributed by atoms with Gasteiger partial charge in [0.25, 0.3) is 0 Å². The summed E-state index contributed by atoms with van der Waals surface area (Å²) in [6.45, 7) is 0.485. The van der Waals surface area contributed by atoms with Crippen LogP contribution in [0, 0.1) is 0 Å². The maximum Gasteiger partial charge on any atom is 0.335 e. The van der Waals surface area contributed by atoms with Gasteiger partial charge in [-0.3, -0.25) is 0 Å². The molecule has 120 valence electrons. The Morgan fingerprint density at radius 2 is 1.62 bits per heavy atom. The largest absolute Gasteiger partial charge is 0.507 e. The molecule has 0 bridgehead atoms. The zero-order chi connectivity index (χ0) is 16.9. The number of carboxylic acids is 1. The van der Waals surface area contributed by atoms with Crippen molar-refractivity contribution in [3.8, 4) is 22.6 Å². The van der Waals surface area contributed by atoms with Gasteiger partial charge in [0.15, 0.2) is 0 Å². The Labute approximate surface area is 139 Å². The minimum absolute atomic E-state index is 0.0547. The molecule has 0 heterocycles. The molecule has 0 aromatic heterocycles. The molecule has 0 aliphatic carbocycles. The molecule has 0 amide bonds. The highest BCUT2D eigenvalue weighted by molar-refractivity contribution is 5.89. The predicted octanol–water partition coefficient (Wildman–Crippen LogP) is 4.34. The van der Waals surface area contributed by atoms with Gasteiger partial charge >= 0.3 is 5.97 Å². The fourth-order valence-corrected chi connectivity index (χ4v) is 2.38. The Kier molecular flexibility index (Phi) is 4.47. The molecule has 0 radical (unpaired) electrons. The molecular formula is C20H16O4. The number of hydrogen-bond donors (Lipinski definition) is 2. The molecule has 0 spiro atoms. The van der Waals surface area contributed by atoms with Crippen LogP contribution in [0.25, 0.3) is 11.1 Å². The molecule has 4 nitrogen and oxygen atoms in total. The number of hydrogen-bond acceptors (Lipinski definition) is 3. The van der Waals surface area contributed by atoms with E-state index in [4.69, 9.17) is 9.84 Å². The maximum absolute atomic E-state index is 10.9. The Balaban J connectivity index is 1.73. The van der Waals surface area contributed by atoms with E-state index in [0.717, 1.165) is 16.9 Å². The third-order valence-electron chi connectivity index (χ3n) is 3.66. The molecule has 0 saturated carbocycles. The Hall–Kier alpha value is -3.27. The quantitative estimate of drug-likeness (QED) is 0.734. The molecule has 0 saturated heterocycles. The van der Waals surface area contributed by atoms with Crippen molar-refractivity contribution in [1.82, 2.24) is 0 Å². The number of rotatable bonds is 5. The number of carboxylic acid groups (broad SMARTS) is 1. The lowest BCUT2D eigenvalue weighted by molar-refractivity contribution is 0.0696. The molecule has 0 fully saturated rings. The first-order chi connectivity index (χ1) is 11.6. The summed E-state index contributed by atoms with van der Waals surface area (Å²) >= 11 is 0. The summed E-state index contributed by atoms with van der Waals surface area (Å²) in [5.74, 6) is -0.404. The van der Waals surface area contributed by atoms with E-state index in [0.29, 0.717) is 12.2 Å². The van der Waals surface area contributed by atoms with Gasteiger partial charge < -0.3 is 14.9 Å². The number of aromatic carboxylic acids is 1. The lowest BCUT2D eigenvalue weighted by Crippen LogP contribution is -1.96. The van der Waals surface area contributed by atoms with Crippen molar-refractivity contribution in [3.63, 3.8) is 0 Å². The Morgan fingerprint density at radius 1 is 0.917 bits per heavy atom. The van der Waals surface area contributed by atoms with E-state index in [9.17, 15) is 9.90 Å². The van der Waals surface area contributed by atoms with Crippen molar-refractivity contribution in [2.75, 3.05) is 0 Å². The molecule has 3 aromatic carbocycles. The standard InChI is InChI=1S/C20H16O4/c21-19-12-16(20(22)23)8-11-18(19)15-6-9-17(10-7-15)24-13-14-4-2-1-3-5-14/h1-12,21H,13H2,(H,22,23). The molecule has 2 N–H and O–H groups in total. The van der Waals surface area contributed by atoms with E-state index < -0.39 is 5.97 Å². The molecule has 0 aliphatic rings. The molecule has 24 heavy (non-hydrogen) atoms. The molecule has 3 rings (SSSR count). The van der Waals surface area contributed by atoms with Gasteiger partial charge in [0.1, 0.15) is 18.1 Å². The average Bonchev–Trinajstić information content (AvgIpc) is 2.61. The summed E-state index contributed by atoms with van der Waals surface area (Å²) in [6.07, 6.45) is 0. The molecular weight excluding hydrogens is 304 g/mol. The van der Waals surface area contributed by atoms with Crippen LogP contribution in [0.2, 0.25) is 0 Å². The van der Waals surface area contributed by atoms with Crippen LogP contribution in [0.5, 0.6) is 11.5 Å². The van der Waals surface area contributed by atoms with E-state index >= 15 is 0 Å². The minimum atomic E-state index is -1.07. The monoisotopic (exact) mass is 320 g/mol. The molecule has 3 aromatic rings. The number of carbonyl (C=O) groups is 1. The van der Waals surface area contributed by atoms with Crippen molar-refractivity contribution >= 4 is 5.97 Å². The smallest absolute Gasteiger partial charge is 0.335 e. The summed E-state index contributed by atoms with van der Waals surface area (Å²) in [5, 5.41) is 19.0. The second kappa shape index (κ2) is 6.87. The fraction of sp³-hybridized carbons (Fsp3) is 0.0500. The van der Waals surface area contributed by atoms with Gasteiger partial charge in [0.05, 0.1) is 5.56 Å². The second-order valence-electron chi connectivity index (χ2n) is 5.34. The summed E-state index contributed by atoms with van der Waals surface area (Å²) in [5.41, 5.74) is 2.51. The number of ether oxygens (including phenoxy) is 1. The van der Waals surface area contributed by atoms with Gasteiger partial charge in [0, 0.05) is 5.56 Å². The lowest BCUT2D eigenvalue weighted by Gasteiger charge is -2.09. The van der Waals surface area contributed by atoms with E-state index in [1.165, 1.54) is 12.1 Å². The van der Waals surface area contributed by atoms with E-state index in [2.05, 4.69) is 0 Å². The van der Waals surface area contributed by atoms with Crippen molar-refractivity contribution in [3.05, 3.63) is 83.9 Å². The van der Waals surface area contributed by atoms with E-state index in [-0.39, 0.29) is 11.3 Å². The zero-order valence-corrected chi connectivity index (χ0v) is 12.8. The van der Waals surface area contributed by atoms with E-state index in [1.807, 2.05) is 54.6 Å². The van der Waals surface area contributed by atoms with Gasteiger partial charge in [-0.25, -0.2) is 4.79 Å². The van der Waals surface area contributed by atoms with Crippen molar-refractivity contribution < 1.29 is 19.7 Å². The first kappa shape index (κ1) is 15.6. The number of phenolic OH excluding ortho intramolecular Hbond substituents is 1. The zero-order valence-electron chi connectivity index (χ0n) is 12.8. The topological polar surface area (TPSA) is 66.8 Å². The van der Waals surface area contributed by atoms with Crippen molar-refractivity contribution in [2.45, 2.75) is 6.61 Å². The SMILES string of the molecule is O=C(O)c1ccc(-c2ccc(OCc3ccccc3)cc2)c(O)c1. The Bertz CT molecular complexity index is 839. The summed E-state index contributed by atoms with van der Waals surface area (Å²) in [7, 11) is 0.